The van der Waals surface area contributed by atoms with Crippen LogP contribution >= 0.6 is 0 Å². The summed E-state index contributed by atoms with van der Waals surface area (Å²) < 4.78 is 2.22. The number of likely N-dealkylation sites (tertiary alicyclic amines) is 1. The van der Waals surface area contributed by atoms with Crippen molar-refractivity contribution >= 4 is 0 Å². The van der Waals surface area contributed by atoms with Gasteiger partial charge in [0.25, 0.3) is 0 Å². The van der Waals surface area contributed by atoms with Crippen molar-refractivity contribution < 1.29 is 0 Å². The van der Waals surface area contributed by atoms with Gasteiger partial charge in [0, 0.05) is 19.3 Å². The topological polar surface area (TPSA) is 21.1 Å². The molecule has 1 aliphatic heterocycles. The first-order valence-electron chi connectivity index (χ1n) is 5.41. The van der Waals surface area contributed by atoms with Gasteiger partial charge in [0.1, 0.15) is 0 Å². The maximum atomic E-state index is 4.25. The Labute approximate surface area is 85.7 Å². The summed E-state index contributed by atoms with van der Waals surface area (Å²) in [5.41, 5.74) is 1.12. The number of imidazole rings is 1. The van der Waals surface area contributed by atoms with E-state index in [0.717, 1.165) is 18.2 Å². The van der Waals surface area contributed by atoms with Crippen LogP contribution in [0.5, 0.6) is 0 Å². The van der Waals surface area contributed by atoms with Crippen LogP contribution in [-0.2, 0) is 6.54 Å². The molecule has 0 amide bonds. The van der Waals surface area contributed by atoms with Crippen LogP contribution < -0.4 is 0 Å². The molecule has 1 saturated heterocycles. The van der Waals surface area contributed by atoms with E-state index in [1.54, 1.807) is 0 Å². The van der Waals surface area contributed by atoms with Gasteiger partial charge < -0.3 is 9.47 Å². The Morgan fingerprint density at radius 1 is 1.57 bits per heavy atom. The Balaban J connectivity index is 1.90. The van der Waals surface area contributed by atoms with Gasteiger partial charge in [-0.25, -0.2) is 4.98 Å². The van der Waals surface area contributed by atoms with Crippen molar-refractivity contribution in [3.8, 4) is 0 Å². The molecule has 1 aromatic heterocycles. The molecule has 14 heavy (non-hydrogen) atoms. The largest absolute Gasteiger partial charge is 0.337 e. The molecule has 3 nitrogen and oxygen atoms in total. The maximum absolute atomic E-state index is 4.25. The molecule has 78 valence electrons. The predicted molar refractivity (Wildman–Crippen MR) is 57.2 cm³/mol. The molecule has 1 aromatic rings. The number of nitrogens with zero attached hydrogens (tertiary/aromatic N) is 3. The van der Waals surface area contributed by atoms with Gasteiger partial charge in [0.05, 0.1) is 12.0 Å². The van der Waals surface area contributed by atoms with Crippen LogP contribution in [0, 0.1) is 12.8 Å². The summed E-state index contributed by atoms with van der Waals surface area (Å²) in [6, 6.07) is 0. The molecule has 2 heterocycles. The third-order valence-electron chi connectivity index (χ3n) is 2.95. The van der Waals surface area contributed by atoms with Crippen molar-refractivity contribution in [2.24, 2.45) is 5.92 Å². The average Bonchev–Trinajstić information content (AvgIpc) is 2.51. The minimum Gasteiger partial charge on any atom is -0.337 e. The van der Waals surface area contributed by atoms with Crippen LogP contribution in [0.25, 0.3) is 0 Å². The van der Waals surface area contributed by atoms with Gasteiger partial charge in [0.2, 0.25) is 0 Å². The first-order valence-corrected chi connectivity index (χ1v) is 5.41. The second kappa shape index (κ2) is 4.13. The van der Waals surface area contributed by atoms with Gasteiger partial charge in [-0.05, 0) is 39.3 Å². The number of piperidine rings is 1. The van der Waals surface area contributed by atoms with Gasteiger partial charge in [-0.1, -0.05) is 0 Å². The lowest BCUT2D eigenvalue weighted by Gasteiger charge is -2.29. The molecule has 1 atom stereocenters. The third kappa shape index (κ3) is 2.35. The Morgan fingerprint density at radius 2 is 2.43 bits per heavy atom. The summed E-state index contributed by atoms with van der Waals surface area (Å²) in [6.07, 6.45) is 6.79. The highest BCUT2D eigenvalue weighted by Gasteiger charge is 2.17. The number of hydrogen-bond donors (Lipinski definition) is 0. The fourth-order valence-electron chi connectivity index (χ4n) is 2.29. The minimum absolute atomic E-state index is 0.808. The molecular weight excluding hydrogens is 174 g/mol. The lowest BCUT2D eigenvalue weighted by molar-refractivity contribution is 0.194. The Morgan fingerprint density at radius 3 is 3.07 bits per heavy atom. The molecule has 1 fully saturated rings. The number of aryl methyl sites for hydroxylation is 1. The first-order chi connectivity index (χ1) is 6.74. The van der Waals surface area contributed by atoms with Crippen LogP contribution in [0.4, 0.5) is 0 Å². The predicted octanol–water partition coefficient (Wildman–Crippen LogP) is 1.53. The van der Waals surface area contributed by atoms with E-state index >= 15 is 0 Å². The van der Waals surface area contributed by atoms with Gasteiger partial charge in [-0.3, -0.25) is 0 Å². The van der Waals surface area contributed by atoms with E-state index in [2.05, 4.69) is 27.7 Å². The van der Waals surface area contributed by atoms with E-state index in [4.69, 9.17) is 0 Å². The summed E-state index contributed by atoms with van der Waals surface area (Å²) in [5, 5.41) is 0. The van der Waals surface area contributed by atoms with E-state index in [1.807, 2.05) is 13.3 Å². The van der Waals surface area contributed by atoms with E-state index in [-0.39, 0.29) is 0 Å². The summed E-state index contributed by atoms with van der Waals surface area (Å²) in [4.78, 5) is 6.68. The van der Waals surface area contributed by atoms with Gasteiger partial charge in [0.15, 0.2) is 0 Å². The van der Waals surface area contributed by atoms with Gasteiger partial charge >= 0.3 is 0 Å². The van der Waals surface area contributed by atoms with Crippen LogP contribution in [0.1, 0.15) is 18.5 Å². The highest BCUT2D eigenvalue weighted by molar-refractivity contribution is 4.92. The zero-order valence-electron chi connectivity index (χ0n) is 9.11. The Bertz CT molecular complexity index is 292. The van der Waals surface area contributed by atoms with Gasteiger partial charge in [-0.2, -0.15) is 0 Å². The molecule has 0 aromatic carbocycles. The fourth-order valence-corrected chi connectivity index (χ4v) is 2.29. The second-order valence-corrected chi connectivity index (χ2v) is 4.48. The lowest BCUT2D eigenvalue weighted by atomic mass is 9.98. The molecule has 0 spiro atoms. The molecule has 0 unspecified atom stereocenters. The third-order valence-corrected chi connectivity index (χ3v) is 2.95. The molecule has 3 heteroatoms. The normalized spacial score (nSPS) is 24.0. The first kappa shape index (κ1) is 9.71. The number of hydrogen-bond acceptors (Lipinski definition) is 2. The molecule has 0 radical (unpaired) electrons. The van der Waals surface area contributed by atoms with Crippen molar-refractivity contribution in [1.82, 2.24) is 14.5 Å². The monoisotopic (exact) mass is 193 g/mol. The fraction of sp³-hybridized carbons (Fsp3) is 0.727. The summed E-state index contributed by atoms with van der Waals surface area (Å²) in [6.45, 7) is 5.67. The minimum atomic E-state index is 0.808. The molecular formula is C11H19N3. The summed E-state index contributed by atoms with van der Waals surface area (Å²) in [5.74, 6) is 0.808. The molecule has 0 bridgehead atoms. The lowest BCUT2D eigenvalue weighted by Crippen LogP contribution is -2.33. The second-order valence-electron chi connectivity index (χ2n) is 4.48. The highest BCUT2D eigenvalue weighted by Crippen LogP contribution is 2.16. The molecule has 0 N–H and O–H groups in total. The van der Waals surface area contributed by atoms with E-state index in [1.165, 1.54) is 25.9 Å². The quantitative estimate of drug-likeness (QED) is 0.710. The van der Waals surface area contributed by atoms with Crippen molar-refractivity contribution in [2.75, 3.05) is 20.1 Å². The van der Waals surface area contributed by atoms with Crippen molar-refractivity contribution in [3.05, 3.63) is 18.2 Å². The zero-order chi connectivity index (χ0) is 9.97. The van der Waals surface area contributed by atoms with Crippen molar-refractivity contribution in [3.63, 3.8) is 0 Å². The molecule has 0 saturated carbocycles. The van der Waals surface area contributed by atoms with Crippen molar-refractivity contribution in [2.45, 2.75) is 26.3 Å². The smallest absolute Gasteiger partial charge is 0.0949 e. The van der Waals surface area contributed by atoms with Crippen LogP contribution in [0.3, 0.4) is 0 Å². The standard InChI is InChI=1S/C11H19N3/c1-10-6-14(9-12-10)8-11-4-3-5-13(2)7-11/h6,9,11H,3-5,7-8H2,1-2H3/t11-/m0/s1. The molecule has 2 rings (SSSR count). The Kier molecular flexibility index (Phi) is 2.87. The zero-order valence-corrected chi connectivity index (χ0v) is 9.11. The summed E-state index contributed by atoms with van der Waals surface area (Å²) >= 11 is 0. The number of rotatable bonds is 2. The molecule has 0 aliphatic carbocycles. The van der Waals surface area contributed by atoms with E-state index < -0.39 is 0 Å². The maximum Gasteiger partial charge on any atom is 0.0949 e. The van der Waals surface area contributed by atoms with Crippen molar-refractivity contribution in [1.29, 1.82) is 0 Å². The molecule has 1 aliphatic rings. The Hall–Kier alpha value is -0.830. The van der Waals surface area contributed by atoms with E-state index in [0.29, 0.717) is 0 Å². The highest BCUT2D eigenvalue weighted by atomic mass is 15.1. The van der Waals surface area contributed by atoms with E-state index in [9.17, 15) is 0 Å². The SMILES string of the molecule is Cc1cn(C[C@H]2CCCN(C)C2)cn1. The number of aromatic nitrogens is 2. The van der Waals surface area contributed by atoms with Gasteiger partial charge in [-0.15, -0.1) is 0 Å². The van der Waals surface area contributed by atoms with Crippen LogP contribution in [0.2, 0.25) is 0 Å². The summed E-state index contributed by atoms with van der Waals surface area (Å²) in [7, 11) is 2.21. The van der Waals surface area contributed by atoms with Crippen LogP contribution in [0.15, 0.2) is 12.5 Å². The van der Waals surface area contributed by atoms with Crippen LogP contribution in [-0.4, -0.2) is 34.6 Å². The average molecular weight is 193 g/mol.